The van der Waals surface area contributed by atoms with E-state index in [0.29, 0.717) is 5.82 Å². The first kappa shape index (κ1) is 15.1. The maximum Gasteiger partial charge on any atom is 0.153 e. The largest absolute Gasteiger partial charge is 0.382 e. The van der Waals surface area contributed by atoms with E-state index in [0.717, 1.165) is 41.7 Å². The molecule has 5 rings (SSSR count). The zero-order valence-corrected chi connectivity index (χ0v) is 14.3. The third-order valence-electron chi connectivity index (χ3n) is 5.21. The van der Waals surface area contributed by atoms with Gasteiger partial charge in [0.15, 0.2) is 5.82 Å². The van der Waals surface area contributed by atoms with E-state index in [1.165, 1.54) is 17.5 Å². The van der Waals surface area contributed by atoms with E-state index in [1.54, 1.807) is 0 Å². The maximum absolute atomic E-state index is 6.22. The Hall–Kier alpha value is -3.21. The molecule has 2 heterocycles. The lowest BCUT2D eigenvalue weighted by atomic mass is 9.81. The highest BCUT2D eigenvalue weighted by atomic mass is 15.3. The quantitative estimate of drug-likeness (QED) is 0.601. The van der Waals surface area contributed by atoms with Crippen LogP contribution in [0.4, 0.5) is 5.82 Å². The van der Waals surface area contributed by atoms with E-state index in [1.807, 2.05) is 35.0 Å². The highest BCUT2D eigenvalue weighted by Gasteiger charge is 2.28. The Morgan fingerprint density at radius 1 is 0.962 bits per heavy atom. The van der Waals surface area contributed by atoms with Crippen LogP contribution in [0, 0.1) is 0 Å². The number of nitrogens with zero attached hydrogens (tertiary/aromatic N) is 4. The molecule has 1 atom stereocenters. The molecule has 5 nitrogen and oxygen atoms in total. The smallest absolute Gasteiger partial charge is 0.153 e. The van der Waals surface area contributed by atoms with Gasteiger partial charge >= 0.3 is 0 Å². The second-order valence-corrected chi connectivity index (χ2v) is 6.73. The van der Waals surface area contributed by atoms with E-state index in [4.69, 9.17) is 10.8 Å². The zero-order chi connectivity index (χ0) is 17.5. The number of benzene rings is 2. The van der Waals surface area contributed by atoms with Crippen molar-refractivity contribution in [2.45, 2.75) is 25.2 Å². The molecule has 2 aromatic carbocycles. The van der Waals surface area contributed by atoms with Crippen LogP contribution in [-0.4, -0.2) is 19.7 Å². The molecule has 1 unspecified atom stereocenters. The highest BCUT2D eigenvalue weighted by Crippen LogP contribution is 2.39. The van der Waals surface area contributed by atoms with Gasteiger partial charge < -0.3 is 5.73 Å². The van der Waals surface area contributed by atoms with Crippen LogP contribution in [0.5, 0.6) is 0 Å². The standard InChI is InChI=1S/C21H19N5/c22-21-20-19(23-13-24-21)18(25-26(20)15-9-2-1-3-10-15)17-12-6-8-14-7-4-5-11-16(14)17/h1-5,7,9-11,13,17H,6,8,12H2,(H2,22,23,24). The molecular weight excluding hydrogens is 322 g/mol. The lowest BCUT2D eigenvalue weighted by Gasteiger charge is -2.24. The van der Waals surface area contributed by atoms with Crippen LogP contribution in [0.3, 0.4) is 0 Å². The minimum absolute atomic E-state index is 0.238. The van der Waals surface area contributed by atoms with Gasteiger partial charge in [-0.3, -0.25) is 0 Å². The normalized spacial score (nSPS) is 16.5. The molecule has 128 valence electrons. The number of hydrogen-bond donors (Lipinski definition) is 1. The zero-order valence-electron chi connectivity index (χ0n) is 14.3. The molecule has 0 fully saturated rings. The molecule has 0 amide bonds. The van der Waals surface area contributed by atoms with E-state index in [9.17, 15) is 0 Å². The summed E-state index contributed by atoms with van der Waals surface area (Å²) < 4.78 is 1.89. The Morgan fingerprint density at radius 2 is 1.77 bits per heavy atom. The highest BCUT2D eigenvalue weighted by molar-refractivity contribution is 5.88. The average molecular weight is 341 g/mol. The minimum Gasteiger partial charge on any atom is -0.382 e. The van der Waals surface area contributed by atoms with Crippen molar-refractivity contribution in [3.8, 4) is 5.69 Å². The fourth-order valence-corrected chi connectivity index (χ4v) is 4.02. The van der Waals surface area contributed by atoms with Gasteiger partial charge in [-0.1, -0.05) is 42.5 Å². The molecular formula is C21H19N5. The summed E-state index contributed by atoms with van der Waals surface area (Å²) in [6.45, 7) is 0. The molecule has 0 spiro atoms. The molecule has 5 heteroatoms. The first-order valence-corrected chi connectivity index (χ1v) is 8.95. The number of nitrogen functional groups attached to an aromatic ring is 1. The van der Waals surface area contributed by atoms with Crippen molar-refractivity contribution in [2.24, 2.45) is 0 Å². The van der Waals surface area contributed by atoms with Gasteiger partial charge in [-0.2, -0.15) is 5.10 Å². The van der Waals surface area contributed by atoms with Crippen molar-refractivity contribution in [1.82, 2.24) is 19.7 Å². The Kier molecular flexibility index (Phi) is 3.45. The third kappa shape index (κ3) is 2.28. The third-order valence-corrected chi connectivity index (χ3v) is 5.21. The number of nitrogens with two attached hydrogens (primary N) is 1. The molecule has 0 saturated heterocycles. The molecule has 1 aliphatic rings. The number of aromatic nitrogens is 4. The number of hydrogen-bond acceptors (Lipinski definition) is 4. The van der Waals surface area contributed by atoms with Crippen LogP contribution in [0.2, 0.25) is 0 Å². The molecule has 0 saturated carbocycles. The van der Waals surface area contributed by atoms with Crippen LogP contribution < -0.4 is 5.73 Å². The number of rotatable bonds is 2. The molecule has 1 aliphatic carbocycles. The van der Waals surface area contributed by atoms with Gasteiger partial charge in [0.1, 0.15) is 17.4 Å². The van der Waals surface area contributed by atoms with E-state index in [-0.39, 0.29) is 5.92 Å². The summed E-state index contributed by atoms with van der Waals surface area (Å²) in [7, 11) is 0. The summed E-state index contributed by atoms with van der Waals surface area (Å²) in [6, 6.07) is 18.7. The minimum atomic E-state index is 0.238. The van der Waals surface area contributed by atoms with Gasteiger partial charge in [-0.15, -0.1) is 0 Å². The fourth-order valence-electron chi connectivity index (χ4n) is 4.02. The van der Waals surface area contributed by atoms with Gasteiger partial charge in [0.05, 0.1) is 11.4 Å². The number of fused-ring (bicyclic) bond motifs is 2. The Bertz CT molecular complexity index is 1080. The van der Waals surface area contributed by atoms with Crippen molar-refractivity contribution >= 4 is 16.9 Å². The summed E-state index contributed by atoms with van der Waals surface area (Å²) in [5.74, 6) is 0.698. The van der Waals surface area contributed by atoms with Crippen molar-refractivity contribution in [1.29, 1.82) is 0 Å². The fraction of sp³-hybridized carbons (Fsp3) is 0.190. The monoisotopic (exact) mass is 341 g/mol. The molecule has 26 heavy (non-hydrogen) atoms. The van der Waals surface area contributed by atoms with Crippen molar-refractivity contribution in [2.75, 3.05) is 5.73 Å². The molecule has 0 bridgehead atoms. The van der Waals surface area contributed by atoms with Crippen LogP contribution in [0.15, 0.2) is 60.9 Å². The summed E-state index contributed by atoms with van der Waals surface area (Å²) in [4.78, 5) is 8.76. The number of aryl methyl sites for hydroxylation is 1. The molecule has 2 N–H and O–H groups in total. The summed E-state index contributed by atoms with van der Waals surface area (Å²) >= 11 is 0. The molecule has 2 aromatic heterocycles. The summed E-state index contributed by atoms with van der Waals surface area (Å²) in [5.41, 5.74) is 12.6. The first-order chi connectivity index (χ1) is 12.8. The SMILES string of the molecule is Nc1ncnc2c(C3CCCc4ccccc43)nn(-c3ccccc3)c12. The van der Waals surface area contributed by atoms with Crippen LogP contribution in [0.1, 0.15) is 35.6 Å². The van der Waals surface area contributed by atoms with E-state index < -0.39 is 0 Å². The Balaban J connectivity index is 1.77. The number of anilines is 1. The summed E-state index contributed by atoms with van der Waals surface area (Å²) in [6.07, 6.45) is 4.89. The van der Waals surface area contributed by atoms with Crippen LogP contribution >= 0.6 is 0 Å². The average Bonchev–Trinajstić information content (AvgIpc) is 3.09. The topological polar surface area (TPSA) is 69.6 Å². The number of para-hydroxylation sites is 1. The second-order valence-electron chi connectivity index (χ2n) is 6.73. The maximum atomic E-state index is 6.22. The van der Waals surface area contributed by atoms with Gasteiger partial charge in [-0.05, 0) is 42.5 Å². The van der Waals surface area contributed by atoms with Gasteiger partial charge in [0.25, 0.3) is 0 Å². The van der Waals surface area contributed by atoms with Crippen molar-refractivity contribution in [3.05, 3.63) is 77.7 Å². The lowest BCUT2D eigenvalue weighted by Crippen LogP contribution is -2.12. The molecule has 0 radical (unpaired) electrons. The predicted molar refractivity (Wildman–Crippen MR) is 102 cm³/mol. The summed E-state index contributed by atoms with van der Waals surface area (Å²) in [5, 5.41) is 4.98. The van der Waals surface area contributed by atoms with Gasteiger partial charge in [-0.25, -0.2) is 14.6 Å². The van der Waals surface area contributed by atoms with Crippen LogP contribution in [-0.2, 0) is 6.42 Å². The van der Waals surface area contributed by atoms with Crippen molar-refractivity contribution in [3.63, 3.8) is 0 Å². The van der Waals surface area contributed by atoms with Crippen molar-refractivity contribution < 1.29 is 0 Å². The van der Waals surface area contributed by atoms with E-state index >= 15 is 0 Å². The van der Waals surface area contributed by atoms with E-state index in [2.05, 4.69) is 34.2 Å². The first-order valence-electron chi connectivity index (χ1n) is 8.95. The lowest BCUT2D eigenvalue weighted by molar-refractivity contribution is 0.600. The molecule has 0 aliphatic heterocycles. The molecule has 4 aromatic rings. The predicted octanol–water partition coefficient (Wildman–Crippen LogP) is 3.87. The second kappa shape index (κ2) is 5.95. The Labute approximate surface area is 151 Å². The van der Waals surface area contributed by atoms with Gasteiger partial charge in [0, 0.05) is 5.92 Å². The van der Waals surface area contributed by atoms with Gasteiger partial charge in [0.2, 0.25) is 0 Å². The van der Waals surface area contributed by atoms with Crippen LogP contribution in [0.25, 0.3) is 16.7 Å². The Morgan fingerprint density at radius 3 is 2.65 bits per heavy atom.